The van der Waals surface area contributed by atoms with Crippen LogP contribution in [0.25, 0.3) is 0 Å². The van der Waals surface area contributed by atoms with E-state index in [1.54, 1.807) is 0 Å². The van der Waals surface area contributed by atoms with Gasteiger partial charge in [0.2, 0.25) is 0 Å². The molecule has 0 aliphatic heterocycles. The number of ether oxygens (including phenoxy) is 1. The minimum atomic E-state index is -2.17. The van der Waals surface area contributed by atoms with Crippen LogP contribution in [0, 0.1) is 45.8 Å². The number of allylic oxidation sites excluding steroid dienone is 1. The van der Waals surface area contributed by atoms with Gasteiger partial charge in [0.05, 0.1) is 36.8 Å². The predicted octanol–water partition coefficient (Wildman–Crippen LogP) is 4.53. The minimum Gasteiger partial charge on any atom is -0.468 e. The van der Waals surface area contributed by atoms with Crippen molar-refractivity contribution in [2.45, 2.75) is 78.1 Å². The maximum absolute atomic E-state index is 13.4. The SMILES string of the molecule is COC(=O)C12CCC(O[Si](C)(C)C(C)(C)C)C(C#N)CC1C(=O)C(C(C)C)=C2C#N. The topological polar surface area (TPSA) is 100 Å². The van der Waals surface area contributed by atoms with Crippen molar-refractivity contribution in [1.29, 1.82) is 10.5 Å². The summed E-state index contributed by atoms with van der Waals surface area (Å²) in [6.07, 6.45) is 0.524. The van der Waals surface area contributed by atoms with Crippen molar-refractivity contribution in [3.63, 3.8) is 0 Å². The molecule has 0 bridgehead atoms. The Balaban J connectivity index is 2.58. The number of esters is 1. The first-order valence-electron chi connectivity index (χ1n) is 10.6. The van der Waals surface area contributed by atoms with E-state index in [2.05, 4.69) is 46.0 Å². The highest BCUT2D eigenvalue weighted by atomic mass is 28.4. The van der Waals surface area contributed by atoms with Crippen molar-refractivity contribution in [2.24, 2.45) is 23.2 Å². The molecular formula is C23H34N2O4Si. The maximum atomic E-state index is 13.4. The Morgan fingerprint density at radius 2 is 1.87 bits per heavy atom. The highest BCUT2D eigenvalue weighted by Crippen LogP contribution is 2.56. The number of nitriles is 2. The van der Waals surface area contributed by atoms with E-state index in [1.807, 2.05) is 13.8 Å². The Morgan fingerprint density at radius 3 is 2.30 bits per heavy atom. The minimum absolute atomic E-state index is 0.0342. The van der Waals surface area contributed by atoms with Crippen LogP contribution in [-0.2, 0) is 18.8 Å². The number of carbonyl (C=O) groups excluding carboxylic acids is 2. The maximum Gasteiger partial charge on any atom is 0.317 e. The van der Waals surface area contributed by atoms with Gasteiger partial charge in [-0.05, 0) is 43.3 Å². The number of rotatable bonds is 4. The lowest BCUT2D eigenvalue weighted by molar-refractivity contribution is -0.155. The van der Waals surface area contributed by atoms with Crippen molar-refractivity contribution in [3.8, 4) is 12.1 Å². The van der Waals surface area contributed by atoms with Crippen LogP contribution >= 0.6 is 0 Å². The summed E-state index contributed by atoms with van der Waals surface area (Å²) >= 11 is 0. The summed E-state index contributed by atoms with van der Waals surface area (Å²) in [5.41, 5.74) is -0.682. The number of ketones is 1. The van der Waals surface area contributed by atoms with Crippen molar-refractivity contribution in [2.75, 3.05) is 7.11 Å². The standard InChI is InChI=1S/C23H34N2O4Si/c1-14(2)19-17(13-25)23(21(27)28-6)10-9-18(29-30(7,8)22(3,4)5)15(12-24)11-16(23)20(19)26/h14-16,18H,9-11H2,1-8H3. The van der Waals surface area contributed by atoms with Gasteiger partial charge in [0.25, 0.3) is 0 Å². The Kier molecular flexibility index (Phi) is 6.71. The molecule has 164 valence electrons. The predicted molar refractivity (Wildman–Crippen MR) is 115 cm³/mol. The fraction of sp³-hybridized carbons (Fsp3) is 0.739. The van der Waals surface area contributed by atoms with Crippen LogP contribution < -0.4 is 0 Å². The lowest BCUT2D eigenvalue weighted by Gasteiger charge is -2.40. The van der Waals surface area contributed by atoms with Gasteiger partial charge < -0.3 is 9.16 Å². The van der Waals surface area contributed by atoms with E-state index in [9.17, 15) is 20.1 Å². The van der Waals surface area contributed by atoms with Gasteiger partial charge in [-0.3, -0.25) is 9.59 Å². The summed E-state index contributed by atoms with van der Waals surface area (Å²) in [6.45, 7) is 14.4. The number of fused-ring (bicyclic) bond motifs is 1. The van der Waals surface area contributed by atoms with Crippen LogP contribution in [0.5, 0.6) is 0 Å². The van der Waals surface area contributed by atoms with Crippen molar-refractivity contribution in [1.82, 2.24) is 0 Å². The second kappa shape index (κ2) is 8.28. The second-order valence-corrected chi connectivity index (χ2v) is 15.1. The molecule has 2 aliphatic carbocycles. The van der Waals surface area contributed by atoms with Crippen LogP contribution in [0.3, 0.4) is 0 Å². The Morgan fingerprint density at radius 1 is 1.27 bits per heavy atom. The third kappa shape index (κ3) is 3.74. The van der Waals surface area contributed by atoms with Crippen LogP contribution in [0.4, 0.5) is 0 Å². The van der Waals surface area contributed by atoms with Gasteiger partial charge >= 0.3 is 5.97 Å². The lowest BCUT2D eigenvalue weighted by atomic mass is 9.70. The van der Waals surface area contributed by atoms with Gasteiger partial charge in [-0.1, -0.05) is 34.6 Å². The molecule has 0 aromatic rings. The van der Waals surface area contributed by atoms with E-state index in [0.717, 1.165) is 0 Å². The van der Waals surface area contributed by atoms with Gasteiger partial charge in [-0.25, -0.2) is 0 Å². The number of carbonyl (C=O) groups is 2. The Labute approximate surface area is 181 Å². The average Bonchev–Trinajstić information content (AvgIpc) is 2.78. The Bertz CT molecular complexity index is 841. The summed E-state index contributed by atoms with van der Waals surface area (Å²) in [6, 6.07) is 4.52. The van der Waals surface area contributed by atoms with E-state index >= 15 is 0 Å². The summed E-state index contributed by atoms with van der Waals surface area (Å²) < 4.78 is 11.7. The summed E-state index contributed by atoms with van der Waals surface area (Å²) in [5, 5.41) is 19.9. The summed E-state index contributed by atoms with van der Waals surface area (Å²) in [4.78, 5) is 26.5. The molecule has 0 spiro atoms. The van der Waals surface area contributed by atoms with E-state index < -0.39 is 31.5 Å². The zero-order valence-corrected chi connectivity index (χ0v) is 20.5. The molecule has 1 saturated carbocycles. The molecule has 0 aromatic heterocycles. The van der Waals surface area contributed by atoms with Gasteiger partial charge in [0, 0.05) is 11.5 Å². The van der Waals surface area contributed by atoms with Crippen LogP contribution in [0.2, 0.25) is 18.1 Å². The largest absolute Gasteiger partial charge is 0.468 e. The molecule has 4 atom stereocenters. The smallest absolute Gasteiger partial charge is 0.317 e. The van der Waals surface area contributed by atoms with Crippen molar-refractivity contribution >= 4 is 20.1 Å². The zero-order chi connectivity index (χ0) is 23.1. The first-order valence-corrected chi connectivity index (χ1v) is 13.5. The summed E-state index contributed by atoms with van der Waals surface area (Å²) in [5.74, 6) is -2.21. The average molecular weight is 431 g/mol. The van der Waals surface area contributed by atoms with Crippen LogP contribution in [-0.4, -0.2) is 33.3 Å². The molecule has 7 heteroatoms. The number of hydrogen-bond donors (Lipinski definition) is 0. The molecule has 0 saturated heterocycles. The zero-order valence-electron chi connectivity index (χ0n) is 19.5. The Hall–Kier alpha value is -1.96. The van der Waals surface area contributed by atoms with Gasteiger partial charge in [0.15, 0.2) is 14.1 Å². The molecule has 30 heavy (non-hydrogen) atoms. The number of nitrogens with zero attached hydrogens (tertiary/aromatic N) is 2. The molecule has 4 unspecified atom stereocenters. The molecule has 0 aromatic carbocycles. The lowest BCUT2D eigenvalue weighted by Crippen LogP contribution is -2.45. The molecule has 6 nitrogen and oxygen atoms in total. The first kappa shape index (κ1) is 24.3. The third-order valence-corrected chi connectivity index (χ3v) is 11.8. The quantitative estimate of drug-likeness (QED) is 0.479. The molecule has 2 rings (SSSR count). The highest BCUT2D eigenvalue weighted by molar-refractivity contribution is 6.74. The number of hydrogen-bond acceptors (Lipinski definition) is 6. The normalized spacial score (nSPS) is 29.8. The molecule has 0 radical (unpaired) electrons. The molecule has 2 aliphatic rings. The van der Waals surface area contributed by atoms with Crippen LogP contribution in [0.1, 0.15) is 53.9 Å². The molecule has 0 N–H and O–H groups in total. The summed E-state index contributed by atoms with van der Waals surface area (Å²) in [7, 11) is -0.883. The fourth-order valence-corrected chi connectivity index (χ4v) is 6.02. The van der Waals surface area contributed by atoms with Gasteiger partial charge in [-0.2, -0.15) is 10.5 Å². The molecule has 0 heterocycles. The number of methoxy groups -OCH3 is 1. The van der Waals surface area contributed by atoms with Gasteiger partial charge in [0.1, 0.15) is 5.41 Å². The van der Waals surface area contributed by atoms with E-state index in [-0.39, 0.29) is 41.3 Å². The van der Waals surface area contributed by atoms with Crippen LogP contribution in [0.15, 0.2) is 11.1 Å². The van der Waals surface area contributed by atoms with E-state index in [1.165, 1.54) is 7.11 Å². The van der Waals surface area contributed by atoms with E-state index in [0.29, 0.717) is 12.0 Å². The monoisotopic (exact) mass is 430 g/mol. The molecule has 1 fully saturated rings. The van der Waals surface area contributed by atoms with Gasteiger partial charge in [-0.15, -0.1) is 0 Å². The number of Topliss-reactive ketones (excluding diaryl/α,β-unsaturated/α-hetero) is 1. The third-order valence-electron chi connectivity index (χ3n) is 7.31. The molecular weight excluding hydrogens is 396 g/mol. The highest BCUT2D eigenvalue weighted by Gasteiger charge is 2.62. The fourth-order valence-electron chi connectivity index (χ4n) is 4.63. The van der Waals surface area contributed by atoms with E-state index in [4.69, 9.17) is 9.16 Å². The molecule has 0 amide bonds. The van der Waals surface area contributed by atoms with Crippen molar-refractivity contribution < 1.29 is 18.8 Å². The second-order valence-electron chi connectivity index (χ2n) is 10.4. The van der Waals surface area contributed by atoms with Crippen molar-refractivity contribution in [3.05, 3.63) is 11.1 Å². The first-order chi connectivity index (χ1) is 13.8.